The van der Waals surface area contributed by atoms with E-state index in [0.29, 0.717) is 18.2 Å². The normalized spacial score (nSPS) is 12.1. The van der Waals surface area contributed by atoms with Crippen LogP contribution >= 0.6 is 0 Å². The molecule has 0 radical (unpaired) electrons. The molecule has 0 spiro atoms. The molecular weight excluding hydrogens is 424 g/mol. The Balaban J connectivity index is 1.60. The van der Waals surface area contributed by atoms with Gasteiger partial charge in [0.15, 0.2) is 11.2 Å². The van der Waals surface area contributed by atoms with Gasteiger partial charge in [-0.1, -0.05) is 25.1 Å². The Morgan fingerprint density at radius 1 is 1.21 bits per heavy atom. The summed E-state index contributed by atoms with van der Waals surface area (Å²) in [5, 5.41) is 13.9. The number of hydrogen-bond acceptors (Lipinski definition) is 7. The van der Waals surface area contributed by atoms with Crippen molar-refractivity contribution in [2.24, 2.45) is 7.05 Å². The lowest BCUT2D eigenvalue weighted by molar-refractivity contribution is 0.0938. The second kappa shape index (κ2) is 9.70. The molecule has 4 aromatic rings. The Kier molecular flexibility index (Phi) is 6.55. The third kappa shape index (κ3) is 4.96. The SMILES string of the molecule is CCc1cccc(OC[C@@H](O)Cn2c(NCc3cccnc3)nc3c2c(=O)[nH]c(=O)n3C)c1. The number of imidazole rings is 1. The zero-order valence-corrected chi connectivity index (χ0v) is 18.5. The van der Waals surface area contributed by atoms with E-state index in [0.717, 1.165) is 17.5 Å². The molecule has 0 aliphatic heterocycles. The lowest BCUT2D eigenvalue weighted by atomic mass is 10.2. The number of aryl methyl sites for hydroxylation is 2. The number of H-pyrrole nitrogens is 1. The van der Waals surface area contributed by atoms with Crippen LogP contribution in [0, 0.1) is 0 Å². The topological polar surface area (TPSA) is 127 Å². The van der Waals surface area contributed by atoms with Gasteiger partial charge in [-0.05, 0) is 35.7 Å². The van der Waals surface area contributed by atoms with Crippen LogP contribution in [-0.2, 0) is 26.6 Å². The molecule has 0 amide bonds. The van der Waals surface area contributed by atoms with Crippen LogP contribution in [0.5, 0.6) is 5.75 Å². The molecule has 0 saturated carbocycles. The molecule has 3 N–H and O–H groups in total. The van der Waals surface area contributed by atoms with Gasteiger partial charge in [-0.2, -0.15) is 4.98 Å². The average molecular weight is 450 g/mol. The number of rotatable bonds is 9. The van der Waals surface area contributed by atoms with Crippen molar-refractivity contribution in [2.75, 3.05) is 11.9 Å². The molecule has 0 bridgehead atoms. The maximum Gasteiger partial charge on any atom is 0.329 e. The first-order valence-electron chi connectivity index (χ1n) is 10.7. The fourth-order valence-corrected chi connectivity index (χ4v) is 3.54. The van der Waals surface area contributed by atoms with E-state index < -0.39 is 17.4 Å². The molecule has 10 heteroatoms. The van der Waals surface area contributed by atoms with E-state index in [1.807, 2.05) is 36.4 Å². The maximum absolute atomic E-state index is 12.6. The summed E-state index contributed by atoms with van der Waals surface area (Å²) in [5.74, 6) is 1.02. The molecule has 0 fully saturated rings. The van der Waals surface area contributed by atoms with E-state index in [1.165, 1.54) is 11.6 Å². The highest BCUT2D eigenvalue weighted by atomic mass is 16.5. The number of aromatic nitrogens is 5. The van der Waals surface area contributed by atoms with Crippen LogP contribution in [0.15, 0.2) is 58.4 Å². The Bertz CT molecular complexity index is 1360. The third-order valence-electron chi connectivity index (χ3n) is 5.32. The summed E-state index contributed by atoms with van der Waals surface area (Å²) < 4.78 is 8.60. The Morgan fingerprint density at radius 2 is 2.03 bits per heavy atom. The number of nitrogens with zero attached hydrogens (tertiary/aromatic N) is 4. The lowest BCUT2D eigenvalue weighted by Gasteiger charge is -2.16. The molecular formula is C23H26N6O4. The highest BCUT2D eigenvalue weighted by Gasteiger charge is 2.20. The van der Waals surface area contributed by atoms with Crippen LogP contribution < -0.4 is 21.3 Å². The minimum atomic E-state index is -0.928. The summed E-state index contributed by atoms with van der Waals surface area (Å²) in [6.45, 7) is 2.53. The summed E-state index contributed by atoms with van der Waals surface area (Å²) in [7, 11) is 1.53. The van der Waals surface area contributed by atoms with Crippen LogP contribution in [0.1, 0.15) is 18.1 Å². The summed E-state index contributed by atoms with van der Waals surface area (Å²) in [5.41, 5.74) is 1.34. The summed E-state index contributed by atoms with van der Waals surface area (Å²) >= 11 is 0. The number of anilines is 1. The number of pyridine rings is 1. The van der Waals surface area contributed by atoms with Crippen molar-refractivity contribution < 1.29 is 9.84 Å². The minimum Gasteiger partial charge on any atom is -0.491 e. The quantitative estimate of drug-likeness (QED) is 0.352. The number of aliphatic hydroxyl groups is 1. The first kappa shape index (κ1) is 22.3. The molecule has 1 aromatic carbocycles. The fourth-order valence-electron chi connectivity index (χ4n) is 3.54. The Labute approximate surface area is 189 Å². The van der Waals surface area contributed by atoms with Crippen LogP contribution in [0.3, 0.4) is 0 Å². The highest BCUT2D eigenvalue weighted by molar-refractivity contribution is 5.74. The largest absolute Gasteiger partial charge is 0.491 e. The molecule has 10 nitrogen and oxygen atoms in total. The van der Waals surface area contributed by atoms with Gasteiger partial charge >= 0.3 is 5.69 Å². The highest BCUT2D eigenvalue weighted by Crippen LogP contribution is 2.18. The number of aromatic amines is 1. The monoisotopic (exact) mass is 450 g/mol. The molecule has 1 atom stereocenters. The van der Waals surface area contributed by atoms with E-state index in [4.69, 9.17) is 4.74 Å². The summed E-state index contributed by atoms with van der Waals surface area (Å²) in [4.78, 5) is 35.5. The molecule has 3 heterocycles. The van der Waals surface area contributed by atoms with E-state index in [-0.39, 0.29) is 24.3 Å². The van der Waals surface area contributed by atoms with Gasteiger partial charge in [0, 0.05) is 26.0 Å². The van der Waals surface area contributed by atoms with Gasteiger partial charge in [0.25, 0.3) is 5.56 Å². The number of ether oxygens (including phenoxy) is 1. The van der Waals surface area contributed by atoms with E-state index in [1.54, 1.807) is 17.0 Å². The number of aliphatic hydroxyl groups excluding tert-OH is 1. The summed E-state index contributed by atoms with van der Waals surface area (Å²) in [6.07, 6.45) is 3.35. The van der Waals surface area contributed by atoms with Crippen molar-refractivity contribution in [2.45, 2.75) is 32.5 Å². The van der Waals surface area contributed by atoms with Crippen molar-refractivity contribution in [3.05, 3.63) is 80.8 Å². The standard InChI is InChI=1S/C23H26N6O4/c1-3-15-6-4-8-18(10-15)33-14-17(30)13-29-19-20(28(2)23(32)27-21(19)31)26-22(29)25-12-16-7-5-9-24-11-16/h4-11,17,30H,3,12-14H2,1-2H3,(H,25,26)(H,27,31,32)/t17-/m0/s1. The van der Waals surface area contributed by atoms with Gasteiger partial charge in [-0.25, -0.2) is 4.79 Å². The van der Waals surface area contributed by atoms with Crippen molar-refractivity contribution in [3.8, 4) is 5.75 Å². The first-order chi connectivity index (χ1) is 16.0. The van der Waals surface area contributed by atoms with Crippen molar-refractivity contribution in [1.29, 1.82) is 0 Å². The number of fused-ring (bicyclic) bond motifs is 1. The predicted molar refractivity (Wildman–Crippen MR) is 124 cm³/mol. The zero-order chi connectivity index (χ0) is 23.4. The average Bonchev–Trinajstić information content (AvgIpc) is 3.19. The van der Waals surface area contributed by atoms with E-state index in [9.17, 15) is 14.7 Å². The number of hydrogen-bond donors (Lipinski definition) is 3. The molecule has 33 heavy (non-hydrogen) atoms. The van der Waals surface area contributed by atoms with Gasteiger partial charge in [0.2, 0.25) is 5.95 Å². The predicted octanol–water partition coefficient (Wildman–Crippen LogP) is 1.43. The molecule has 0 saturated heterocycles. The minimum absolute atomic E-state index is 0.0263. The second-order valence-corrected chi connectivity index (χ2v) is 7.72. The van der Waals surface area contributed by atoms with Crippen molar-refractivity contribution in [1.82, 2.24) is 24.1 Å². The van der Waals surface area contributed by atoms with Crippen LogP contribution in [0.2, 0.25) is 0 Å². The molecule has 4 rings (SSSR count). The molecule has 172 valence electrons. The molecule has 0 aliphatic carbocycles. The van der Waals surface area contributed by atoms with Gasteiger partial charge in [0.05, 0.1) is 6.54 Å². The van der Waals surface area contributed by atoms with Crippen LogP contribution in [0.4, 0.5) is 5.95 Å². The third-order valence-corrected chi connectivity index (χ3v) is 5.32. The smallest absolute Gasteiger partial charge is 0.329 e. The van der Waals surface area contributed by atoms with E-state index >= 15 is 0 Å². The van der Waals surface area contributed by atoms with Gasteiger partial charge < -0.3 is 19.7 Å². The van der Waals surface area contributed by atoms with Crippen LogP contribution in [0.25, 0.3) is 11.2 Å². The molecule has 0 aliphatic rings. The van der Waals surface area contributed by atoms with Gasteiger partial charge in [0.1, 0.15) is 18.5 Å². The van der Waals surface area contributed by atoms with Gasteiger partial charge in [-0.3, -0.25) is 19.3 Å². The Morgan fingerprint density at radius 3 is 2.79 bits per heavy atom. The van der Waals surface area contributed by atoms with Crippen molar-refractivity contribution in [3.63, 3.8) is 0 Å². The molecule has 0 unspecified atom stereocenters. The van der Waals surface area contributed by atoms with E-state index in [2.05, 4.69) is 27.2 Å². The number of benzene rings is 1. The number of nitrogens with one attached hydrogen (secondary N) is 2. The van der Waals surface area contributed by atoms with Crippen molar-refractivity contribution >= 4 is 17.1 Å². The lowest BCUT2D eigenvalue weighted by Crippen LogP contribution is -2.31. The summed E-state index contributed by atoms with van der Waals surface area (Å²) in [6, 6.07) is 11.4. The second-order valence-electron chi connectivity index (χ2n) is 7.72. The molecule has 3 aromatic heterocycles. The van der Waals surface area contributed by atoms with Crippen LogP contribution in [-0.4, -0.2) is 41.9 Å². The first-order valence-corrected chi connectivity index (χ1v) is 10.7. The fraction of sp³-hybridized carbons (Fsp3) is 0.304. The maximum atomic E-state index is 12.6. The van der Waals surface area contributed by atoms with Gasteiger partial charge in [-0.15, -0.1) is 0 Å². The Hall–Kier alpha value is -3.92. The zero-order valence-electron chi connectivity index (χ0n) is 18.5.